The molecule has 124 valence electrons. The lowest BCUT2D eigenvalue weighted by Gasteiger charge is -2.30. The van der Waals surface area contributed by atoms with Gasteiger partial charge in [-0.25, -0.2) is 4.98 Å². The molecule has 3 aromatic rings. The van der Waals surface area contributed by atoms with E-state index in [4.69, 9.17) is 0 Å². The molecule has 0 bridgehead atoms. The first-order valence-corrected chi connectivity index (χ1v) is 9.32. The highest BCUT2D eigenvalue weighted by molar-refractivity contribution is 7.15. The number of fused-ring (bicyclic) bond motifs is 1. The number of piperidine rings is 1. The fourth-order valence-electron chi connectivity index (χ4n) is 3.34. The maximum Gasteiger partial charge on any atom is 0.271 e. The number of rotatable bonds is 2. The van der Waals surface area contributed by atoms with Gasteiger partial charge in [-0.15, -0.1) is 11.3 Å². The molecule has 24 heavy (non-hydrogen) atoms. The second-order valence-corrected chi connectivity index (χ2v) is 7.60. The average molecular weight is 339 g/mol. The van der Waals surface area contributed by atoms with E-state index in [1.54, 1.807) is 0 Å². The molecule has 1 aliphatic rings. The van der Waals surface area contributed by atoms with Crippen LogP contribution in [0.1, 0.15) is 35.8 Å². The number of hydrogen-bond acceptors (Lipinski definition) is 3. The minimum absolute atomic E-state index is 0.126. The van der Waals surface area contributed by atoms with Gasteiger partial charge >= 0.3 is 0 Å². The van der Waals surface area contributed by atoms with Gasteiger partial charge in [-0.1, -0.05) is 36.8 Å². The van der Waals surface area contributed by atoms with Gasteiger partial charge < -0.3 is 4.90 Å². The highest BCUT2D eigenvalue weighted by Gasteiger charge is 2.24. The van der Waals surface area contributed by atoms with Gasteiger partial charge in [-0.05, 0) is 25.7 Å². The molecule has 1 fully saturated rings. The van der Waals surface area contributed by atoms with Gasteiger partial charge in [0.15, 0.2) is 4.96 Å². The van der Waals surface area contributed by atoms with E-state index in [1.807, 2.05) is 20.9 Å². The SMILES string of the molecule is Cc1ccc(-c2cn3c(C(=O)N4CCCC(C)C4)csc3n2)cc1. The lowest BCUT2D eigenvalue weighted by molar-refractivity contribution is 0.0676. The van der Waals surface area contributed by atoms with Gasteiger partial charge in [0.1, 0.15) is 5.69 Å². The smallest absolute Gasteiger partial charge is 0.271 e. The fraction of sp³-hybridized carbons (Fsp3) is 0.368. The Morgan fingerprint density at radius 3 is 2.83 bits per heavy atom. The Bertz CT molecular complexity index is 878. The summed E-state index contributed by atoms with van der Waals surface area (Å²) in [4.78, 5) is 20.4. The first kappa shape index (κ1) is 15.4. The molecule has 0 saturated carbocycles. The molecule has 1 atom stereocenters. The van der Waals surface area contributed by atoms with Gasteiger partial charge in [0.2, 0.25) is 0 Å². The van der Waals surface area contributed by atoms with Crippen LogP contribution in [0.3, 0.4) is 0 Å². The number of amides is 1. The molecule has 3 heterocycles. The Labute approximate surface area is 145 Å². The number of aryl methyl sites for hydroxylation is 1. The Balaban J connectivity index is 1.67. The monoisotopic (exact) mass is 339 g/mol. The number of nitrogens with zero attached hydrogens (tertiary/aromatic N) is 3. The van der Waals surface area contributed by atoms with E-state index in [-0.39, 0.29) is 5.91 Å². The lowest BCUT2D eigenvalue weighted by atomic mass is 10.0. The standard InChI is InChI=1S/C19H21N3OS/c1-13-5-7-15(8-6-13)16-11-22-17(12-24-19(22)20-16)18(23)21-9-3-4-14(2)10-21/h5-8,11-12,14H,3-4,9-10H2,1-2H3. The zero-order valence-electron chi connectivity index (χ0n) is 14.0. The lowest BCUT2D eigenvalue weighted by Crippen LogP contribution is -2.39. The van der Waals surface area contributed by atoms with Crippen molar-refractivity contribution < 1.29 is 4.79 Å². The summed E-state index contributed by atoms with van der Waals surface area (Å²) in [5, 5.41) is 1.93. The van der Waals surface area contributed by atoms with Gasteiger partial charge in [-0.3, -0.25) is 9.20 Å². The Morgan fingerprint density at radius 1 is 1.29 bits per heavy atom. The number of hydrogen-bond donors (Lipinski definition) is 0. The highest BCUT2D eigenvalue weighted by Crippen LogP contribution is 2.26. The fourth-order valence-corrected chi connectivity index (χ4v) is 4.18. The summed E-state index contributed by atoms with van der Waals surface area (Å²) in [6.07, 6.45) is 4.29. The molecular formula is C19H21N3OS. The van der Waals surface area contributed by atoms with Crippen LogP contribution in [0.4, 0.5) is 0 Å². The second kappa shape index (κ2) is 6.06. The number of imidazole rings is 1. The maximum absolute atomic E-state index is 12.9. The number of carbonyl (C=O) groups excluding carboxylic acids is 1. The van der Waals surface area contributed by atoms with Gasteiger partial charge in [0.25, 0.3) is 5.91 Å². The second-order valence-electron chi connectivity index (χ2n) is 6.76. The molecule has 2 aromatic heterocycles. The maximum atomic E-state index is 12.9. The van der Waals surface area contributed by atoms with E-state index in [2.05, 4.69) is 43.1 Å². The minimum atomic E-state index is 0.126. The number of thiazole rings is 1. The third-order valence-electron chi connectivity index (χ3n) is 4.72. The van der Waals surface area contributed by atoms with E-state index < -0.39 is 0 Å². The van der Waals surface area contributed by atoms with Crippen LogP contribution in [0.2, 0.25) is 0 Å². The first-order chi connectivity index (χ1) is 11.6. The average Bonchev–Trinajstić information content (AvgIpc) is 3.15. The van der Waals surface area contributed by atoms with Crippen LogP contribution in [0.15, 0.2) is 35.8 Å². The third-order valence-corrected chi connectivity index (χ3v) is 5.56. The molecule has 1 amide bonds. The molecule has 1 saturated heterocycles. The molecule has 1 aromatic carbocycles. The van der Waals surface area contributed by atoms with Crippen LogP contribution in [-0.4, -0.2) is 33.3 Å². The zero-order chi connectivity index (χ0) is 16.7. The van der Waals surface area contributed by atoms with Gasteiger partial charge in [-0.2, -0.15) is 0 Å². The van der Waals surface area contributed by atoms with Crippen LogP contribution in [0.5, 0.6) is 0 Å². The number of aromatic nitrogens is 2. The molecule has 1 aliphatic heterocycles. The molecule has 0 radical (unpaired) electrons. The summed E-state index contributed by atoms with van der Waals surface area (Å²) in [5.41, 5.74) is 3.97. The molecule has 4 nitrogen and oxygen atoms in total. The van der Waals surface area contributed by atoms with Gasteiger partial charge in [0, 0.05) is 30.2 Å². The molecule has 5 heteroatoms. The van der Waals surface area contributed by atoms with Crippen LogP contribution in [0.25, 0.3) is 16.2 Å². The quantitative estimate of drug-likeness (QED) is 0.700. The number of benzene rings is 1. The zero-order valence-corrected chi connectivity index (χ0v) is 14.8. The molecule has 0 N–H and O–H groups in total. The van der Waals surface area contributed by atoms with Crippen molar-refractivity contribution in [3.05, 3.63) is 47.1 Å². The summed E-state index contributed by atoms with van der Waals surface area (Å²) in [6, 6.07) is 8.33. The van der Waals surface area contributed by atoms with Crippen molar-refractivity contribution in [2.45, 2.75) is 26.7 Å². The predicted octanol–water partition coefficient (Wildman–Crippen LogP) is 4.24. The molecule has 0 spiro atoms. The molecule has 4 rings (SSSR count). The Kier molecular flexibility index (Phi) is 3.88. The van der Waals surface area contributed by atoms with Crippen LogP contribution in [0, 0.1) is 12.8 Å². The van der Waals surface area contributed by atoms with Crippen molar-refractivity contribution in [2.24, 2.45) is 5.92 Å². The topological polar surface area (TPSA) is 37.6 Å². The summed E-state index contributed by atoms with van der Waals surface area (Å²) in [5.74, 6) is 0.711. The summed E-state index contributed by atoms with van der Waals surface area (Å²) < 4.78 is 1.95. The van der Waals surface area contributed by atoms with Crippen LogP contribution < -0.4 is 0 Å². The van der Waals surface area contributed by atoms with Crippen molar-refractivity contribution >= 4 is 22.2 Å². The number of likely N-dealkylation sites (tertiary alicyclic amines) is 1. The molecule has 1 unspecified atom stereocenters. The number of carbonyl (C=O) groups is 1. The van der Waals surface area contributed by atoms with Crippen molar-refractivity contribution in [1.82, 2.24) is 14.3 Å². The normalized spacial score (nSPS) is 18.2. The van der Waals surface area contributed by atoms with E-state index in [0.29, 0.717) is 5.92 Å². The van der Waals surface area contributed by atoms with Crippen molar-refractivity contribution in [2.75, 3.05) is 13.1 Å². The predicted molar refractivity (Wildman–Crippen MR) is 97.5 cm³/mol. The van der Waals surface area contributed by atoms with Crippen molar-refractivity contribution in [3.63, 3.8) is 0 Å². The highest BCUT2D eigenvalue weighted by atomic mass is 32.1. The Hall–Kier alpha value is -2.14. The van der Waals surface area contributed by atoms with E-state index in [9.17, 15) is 4.79 Å². The van der Waals surface area contributed by atoms with Crippen molar-refractivity contribution in [3.8, 4) is 11.3 Å². The van der Waals surface area contributed by atoms with E-state index in [0.717, 1.165) is 41.4 Å². The summed E-state index contributed by atoms with van der Waals surface area (Å²) in [7, 11) is 0. The van der Waals surface area contributed by atoms with E-state index in [1.165, 1.54) is 23.3 Å². The summed E-state index contributed by atoms with van der Waals surface area (Å²) >= 11 is 1.53. The molecule has 0 aliphatic carbocycles. The Morgan fingerprint density at radius 2 is 2.08 bits per heavy atom. The van der Waals surface area contributed by atoms with Gasteiger partial charge in [0.05, 0.1) is 5.69 Å². The largest absolute Gasteiger partial charge is 0.337 e. The summed E-state index contributed by atoms with van der Waals surface area (Å²) in [6.45, 7) is 6.01. The third kappa shape index (κ3) is 2.73. The van der Waals surface area contributed by atoms with E-state index >= 15 is 0 Å². The van der Waals surface area contributed by atoms with Crippen LogP contribution in [-0.2, 0) is 0 Å². The molecular weight excluding hydrogens is 318 g/mol. The van der Waals surface area contributed by atoms with Crippen molar-refractivity contribution in [1.29, 1.82) is 0 Å². The minimum Gasteiger partial charge on any atom is -0.337 e. The first-order valence-electron chi connectivity index (χ1n) is 8.45. The van der Waals surface area contributed by atoms with Crippen LogP contribution >= 0.6 is 11.3 Å².